The second-order valence-electron chi connectivity index (χ2n) is 9.15. The van der Waals surface area contributed by atoms with Crippen molar-refractivity contribution in [3.05, 3.63) is 72.0 Å². The lowest BCUT2D eigenvalue weighted by molar-refractivity contribution is -0.111. The van der Waals surface area contributed by atoms with Crippen molar-refractivity contribution in [1.29, 1.82) is 0 Å². The number of aromatic nitrogens is 2. The zero-order chi connectivity index (χ0) is 27.9. The molecule has 3 N–H and O–H groups in total. The van der Waals surface area contributed by atoms with E-state index in [-0.39, 0.29) is 5.91 Å². The molecule has 0 aliphatic carbocycles. The van der Waals surface area contributed by atoms with E-state index >= 15 is 0 Å². The number of hydrogen-bond acceptors (Lipinski definition) is 7. The number of rotatable bonds is 8. The number of urea groups is 1. The second kappa shape index (κ2) is 12.6. The third-order valence-corrected chi connectivity index (χ3v) is 6.96. The minimum Gasteiger partial charge on any atom is -0.369 e. The molecule has 1 fully saturated rings. The maximum atomic E-state index is 12.9. The van der Waals surface area contributed by atoms with Gasteiger partial charge in [0.15, 0.2) is 0 Å². The van der Waals surface area contributed by atoms with Gasteiger partial charge in [0.05, 0.1) is 22.1 Å². The Hall–Kier alpha value is -4.15. The van der Waals surface area contributed by atoms with Crippen LogP contribution in [0.15, 0.2) is 61.4 Å². The second-order valence-corrected chi connectivity index (χ2v) is 9.56. The normalized spacial score (nSPS) is 13.5. The van der Waals surface area contributed by atoms with Crippen molar-refractivity contribution in [2.75, 3.05) is 65.5 Å². The molecule has 0 saturated carbocycles. The summed E-state index contributed by atoms with van der Waals surface area (Å²) in [6.07, 6.45) is 2.60. The maximum absolute atomic E-state index is 12.9. The number of benzene rings is 2. The van der Waals surface area contributed by atoms with Crippen LogP contribution in [0.2, 0.25) is 5.02 Å². The number of hydrogen-bond donors (Lipinski definition) is 3. The van der Waals surface area contributed by atoms with Crippen LogP contribution in [0.4, 0.5) is 39.2 Å². The first-order valence-electron chi connectivity index (χ1n) is 12.7. The zero-order valence-electron chi connectivity index (χ0n) is 22.4. The Bertz CT molecular complexity index is 1340. The number of carbonyl (C=O) groups excluding carboxylic acids is 2. The smallest absolute Gasteiger partial charge is 0.327 e. The van der Waals surface area contributed by atoms with Gasteiger partial charge in [0.2, 0.25) is 5.91 Å². The van der Waals surface area contributed by atoms with Crippen LogP contribution in [0.5, 0.6) is 0 Å². The highest BCUT2D eigenvalue weighted by molar-refractivity contribution is 6.34. The van der Waals surface area contributed by atoms with Gasteiger partial charge in [0.1, 0.15) is 18.0 Å². The quantitative estimate of drug-likeness (QED) is 0.336. The van der Waals surface area contributed by atoms with Crippen LogP contribution in [-0.2, 0) is 4.79 Å². The molecule has 2 aromatic carbocycles. The molecule has 1 aliphatic heterocycles. The summed E-state index contributed by atoms with van der Waals surface area (Å²) < 4.78 is 0. The van der Waals surface area contributed by atoms with Crippen molar-refractivity contribution < 1.29 is 9.59 Å². The number of amides is 3. The van der Waals surface area contributed by atoms with E-state index in [1.54, 1.807) is 19.2 Å². The molecule has 0 spiro atoms. The van der Waals surface area contributed by atoms with Crippen LogP contribution in [-0.4, -0.2) is 66.6 Å². The van der Waals surface area contributed by atoms with Gasteiger partial charge in [-0.3, -0.25) is 9.69 Å². The molecule has 4 rings (SSSR count). The maximum Gasteiger partial charge on any atom is 0.327 e. The Balaban J connectivity index is 1.53. The van der Waals surface area contributed by atoms with Gasteiger partial charge in [-0.15, -0.1) is 0 Å². The molecule has 0 unspecified atom stereocenters. The summed E-state index contributed by atoms with van der Waals surface area (Å²) in [5.41, 5.74) is 3.65. The molecule has 11 heteroatoms. The fourth-order valence-electron chi connectivity index (χ4n) is 4.27. The molecule has 10 nitrogen and oxygen atoms in total. The molecule has 204 valence electrons. The Labute approximate surface area is 233 Å². The number of nitrogens with one attached hydrogen (secondary N) is 3. The van der Waals surface area contributed by atoms with E-state index in [9.17, 15) is 9.59 Å². The molecule has 2 heterocycles. The molecule has 3 aromatic rings. The number of likely N-dealkylation sites (N-methyl/N-ethyl adjacent to an activating group) is 1. The Morgan fingerprint density at radius 2 is 1.85 bits per heavy atom. The van der Waals surface area contributed by atoms with Crippen LogP contribution < -0.4 is 25.8 Å². The van der Waals surface area contributed by atoms with Crippen LogP contribution in [0, 0.1) is 6.92 Å². The molecular weight excluding hydrogens is 516 g/mol. The summed E-state index contributed by atoms with van der Waals surface area (Å²) in [6, 6.07) is 12.5. The third kappa shape index (κ3) is 6.84. The van der Waals surface area contributed by atoms with Gasteiger partial charge >= 0.3 is 6.03 Å². The lowest BCUT2D eigenvalue weighted by atomic mass is 10.2. The number of nitrogens with zero attached hydrogens (tertiary/aromatic N) is 5. The van der Waals surface area contributed by atoms with E-state index in [0.717, 1.165) is 44.0 Å². The molecule has 0 radical (unpaired) electrons. The van der Waals surface area contributed by atoms with E-state index in [2.05, 4.69) is 49.2 Å². The average molecular weight is 549 g/mol. The number of para-hydroxylation sites is 1. The predicted molar refractivity (Wildman–Crippen MR) is 159 cm³/mol. The Morgan fingerprint density at radius 3 is 2.54 bits per heavy atom. The largest absolute Gasteiger partial charge is 0.369 e. The molecule has 0 atom stereocenters. The van der Waals surface area contributed by atoms with Gasteiger partial charge in [-0.25, -0.2) is 14.8 Å². The van der Waals surface area contributed by atoms with Gasteiger partial charge in [-0.05, 0) is 49.4 Å². The Morgan fingerprint density at radius 1 is 1.08 bits per heavy atom. The SMILES string of the molecule is C=CC(=O)Nc1cc(N2CCN(CC)CC2)ccc1Nc1cc(N(C)C(=O)Nc2c(C)cccc2Cl)ncn1. The van der Waals surface area contributed by atoms with Gasteiger partial charge in [-0.1, -0.05) is 37.2 Å². The first kappa shape index (κ1) is 27.9. The summed E-state index contributed by atoms with van der Waals surface area (Å²) in [6.45, 7) is 12.4. The van der Waals surface area contributed by atoms with Crippen molar-refractivity contribution in [3.8, 4) is 0 Å². The number of aryl methyl sites for hydroxylation is 1. The van der Waals surface area contributed by atoms with Crippen molar-refractivity contribution in [1.82, 2.24) is 14.9 Å². The van der Waals surface area contributed by atoms with Crippen LogP contribution >= 0.6 is 11.6 Å². The molecule has 1 aliphatic rings. The molecule has 3 amide bonds. The van der Waals surface area contributed by atoms with E-state index in [1.807, 2.05) is 37.3 Å². The Kier molecular flexibility index (Phi) is 9.00. The molecule has 1 aromatic heterocycles. The lowest BCUT2D eigenvalue weighted by Crippen LogP contribution is -2.46. The van der Waals surface area contributed by atoms with Crippen LogP contribution in [0.25, 0.3) is 0 Å². The van der Waals surface area contributed by atoms with Crippen molar-refractivity contribution in [3.63, 3.8) is 0 Å². The predicted octanol–water partition coefficient (Wildman–Crippen LogP) is 5.12. The summed E-state index contributed by atoms with van der Waals surface area (Å²) in [4.78, 5) is 39.8. The van der Waals surface area contributed by atoms with E-state index in [0.29, 0.717) is 33.7 Å². The van der Waals surface area contributed by atoms with E-state index < -0.39 is 6.03 Å². The standard InChI is InChI=1S/C28H33ClN8O2/c1-5-26(38)33-23-16-20(37-14-12-36(6-2)13-15-37)10-11-22(23)32-24-17-25(31-18-30-24)35(4)28(39)34-27-19(3)8-7-9-21(27)29/h5,7-11,16-18H,1,6,12-15H2,2-4H3,(H,33,38)(H,34,39)(H,30,31,32). The van der Waals surface area contributed by atoms with E-state index in [1.165, 1.54) is 17.3 Å². The highest BCUT2D eigenvalue weighted by Crippen LogP contribution is 2.31. The molecule has 1 saturated heterocycles. The van der Waals surface area contributed by atoms with Crippen molar-refractivity contribution >= 4 is 57.9 Å². The minimum absolute atomic E-state index is 0.319. The highest BCUT2D eigenvalue weighted by atomic mass is 35.5. The van der Waals surface area contributed by atoms with Crippen LogP contribution in [0.3, 0.4) is 0 Å². The van der Waals surface area contributed by atoms with Crippen molar-refractivity contribution in [2.24, 2.45) is 0 Å². The molecule has 0 bridgehead atoms. The lowest BCUT2D eigenvalue weighted by Gasteiger charge is -2.35. The monoisotopic (exact) mass is 548 g/mol. The zero-order valence-corrected chi connectivity index (χ0v) is 23.1. The number of carbonyl (C=O) groups is 2. The van der Waals surface area contributed by atoms with Gasteiger partial charge in [0.25, 0.3) is 0 Å². The third-order valence-electron chi connectivity index (χ3n) is 6.65. The fraction of sp³-hybridized carbons (Fsp3) is 0.286. The van der Waals surface area contributed by atoms with Gasteiger partial charge < -0.3 is 25.8 Å². The first-order chi connectivity index (χ1) is 18.8. The summed E-state index contributed by atoms with van der Waals surface area (Å²) in [7, 11) is 1.61. The van der Waals surface area contributed by atoms with Crippen molar-refractivity contribution in [2.45, 2.75) is 13.8 Å². The summed E-state index contributed by atoms with van der Waals surface area (Å²) >= 11 is 6.26. The van der Waals surface area contributed by atoms with Gasteiger partial charge in [-0.2, -0.15) is 0 Å². The minimum atomic E-state index is -0.401. The number of halogens is 1. The first-order valence-corrected chi connectivity index (χ1v) is 13.1. The molecular formula is C28H33ClN8O2. The average Bonchev–Trinajstić information content (AvgIpc) is 2.95. The van der Waals surface area contributed by atoms with E-state index in [4.69, 9.17) is 11.6 Å². The number of piperazine rings is 1. The molecule has 39 heavy (non-hydrogen) atoms. The number of anilines is 6. The fourth-order valence-corrected chi connectivity index (χ4v) is 4.54. The summed E-state index contributed by atoms with van der Waals surface area (Å²) in [5, 5.41) is 9.42. The highest BCUT2D eigenvalue weighted by Gasteiger charge is 2.19. The topological polar surface area (TPSA) is 106 Å². The van der Waals surface area contributed by atoms with Crippen LogP contribution in [0.1, 0.15) is 12.5 Å². The van der Waals surface area contributed by atoms with Gasteiger partial charge in [0, 0.05) is 45.0 Å². The summed E-state index contributed by atoms with van der Waals surface area (Å²) in [5.74, 6) is 0.504.